The average molecular weight is 655 g/mol. The summed E-state index contributed by atoms with van der Waals surface area (Å²) in [4.78, 5) is 7.30. The van der Waals surface area contributed by atoms with Gasteiger partial charge in [-0.05, 0) is 81.6 Å². The molecule has 2 heterocycles. The summed E-state index contributed by atoms with van der Waals surface area (Å²) in [6.45, 7) is 0. The Morgan fingerprint density at radius 2 is 0.980 bits per heavy atom. The lowest BCUT2D eigenvalue weighted by Crippen LogP contribution is -2.11. The number of fused-ring (bicyclic) bond motifs is 5. The van der Waals surface area contributed by atoms with Crippen molar-refractivity contribution < 1.29 is 8.83 Å². The van der Waals surface area contributed by atoms with Crippen LogP contribution in [0.2, 0.25) is 0 Å². The molecule has 0 spiro atoms. The zero-order valence-corrected chi connectivity index (χ0v) is 27.5. The number of rotatable bonds is 6. The Kier molecular flexibility index (Phi) is 6.78. The molecule has 4 heteroatoms. The third kappa shape index (κ3) is 5.04. The van der Waals surface area contributed by atoms with Crippen LogP contribution in [0.25, 0.3) is 77.5 Å². The van der Waals surface area contributed by atoms with Crippen molar-refractivity contribution >= 4 is 60.9 Å². The van der Waals surface area contributed by atoms with Crippen LogP contribution < -0.4 is 4.90 Å². The first-order chi connectivity index (χ1) is 25.3. The Balaban J connectivity index is 1.21. The normalized spacial score (nSPS) is 11.5. The van der Waals surface area contributed by atoms with Crippen LogP contribution in [0.1, 0.15) is 0 Å². The summed E-state index contributed by atoms with van der Waals surface area (Å²) in [5.41, 5.74) is 11.4. The first-order valence-electron chi connectivity index (χ1n) is 17.1. The number of hydrogen-bond acceptors (Lipinski definition) is 4. The van der Waals surface area contributed by atoms with E-state index in [-0.39, 0.29) is 0 Å². The summed E-state index contributed by atoms with van der Waals surface area (Å²) < 4.78 is 13.3. The van der Waals surface area contributed by atoms with Crippen LogP contribution in [0, 0.1) is 0 Å². The molecule has 0 amide bonds. The maximum Gasteiger partial charge on any atom is 0.227 e. The summed E-state index contributed by atoms with van der Waals surface area (Å²) in [5.74, 6) is 0.565. The molecule has 0 aliphatic heterocycles. The molecule has 0 fully saturated rings. The van der Waals surface area contributed by atoms with Gasteiger partial charge < -0.3 is 13.7 Å². The molecule has 0 radical (unpaired) electrons. The molecule has 0 atom stereocenters. The number of furan rings is 1. The van der Waals surface area contributed by atoms with Gasteiger partial charge in [-0.3, -0.25) is 0 Å². The summed E-state index contributed by atoms with van der Waals surface area (Å²) in [5, 5.41) is 4.44. The van der Waals surface area contributed by atoms with Gasteiger partial charge in [0.05, 0.1) is 5.39 Å². The Bertz CT molecular complexity index is 2840. The van der Waals surface area contributed by atoms with Gasteiger partial charge >= 0.3 is 0 Å². The maximum absolute atomic E-state index is 6.77. The van der Waals surface area contributed by atoms with E-state index >= 15 is 0 Å². The molecule has 4 nitrogen and oxygen atoms in total. The van der Waals surface area contributed by atoms with Crippen LogP contribution in [0.5, 0.6) is 0 Å². The summed E-state index contributed by atoms with van der Waals surface area (Å²) in [6.07, 6.45) is 0. The third-order valence-corrected chi connectivity index (χ3v) is 9.68. The molecule has 0 aliphatic carbocycles. The quantitative estimate of drug-likeness (QED) is 0.179. The molecule has 8 aromatic carbocycles. The number of para-hydroxylation sites is 1. The highest BCUT2D eigenvalue weighted by Crippen LogP contribution is 2.48. The van der Waals surface area contributed by atoms with Gasteiger partial charge in [0.15, 0.2) is 5.58 Å². The minimum Gasteiger partial charge on any atom is -0.456 e. The number of benzene rings is 8. The topological polar surface area (TPSA) is 42.4 Å². The fraction of sp³-hybridized carbons (Fsp3) is 0. The predicted molar refractivity (Wildman–Crippen MR) is 210 cm³/mol. The van der Waals surface area contributed by atoms with E-state index in [1.54, 1.807) is 0 Å². The van der Waals surface area contributed by atoms with Gasteiger partial charge in [0, 0.05) is 28.4 Å². The molecule has 51 heavy (non-hydrogen) atoms. The molecule has 10 rings (SSSR count). The smallest absolute Gasteiger partial charge is 0.227 e. The molecule has 0 saturated carbocycles. The van der Waals surface area contributed by atoms with Crippen molar-refractivity contribution in [2.45, 2.75) is 0 Å². The van der Waals surface area contributed by atoms with Crippen LogP contribution in [0.3, 0.4) is 0 Å². The van der Waals surface area contributed by atoms with Crippen LogP contribution in [0.4, 0.5) is 17.1 Å². The fourth-order valence-corrected chi connectivity index (χ4v) is 7.18. The van der Waals surface area contributed by atoms with Gasteiger partial charge in [0.1, 0.15) is 22.4 Å². The number of nitrogens with zero attached hydrogens (tertiary/aromatic N) is 2. The second-order valence-electron chi connectivity index (χ2n) is 12.8. The van der Waals surface area contributed by atoms with E-state index in [0.717, 1.165) is 61.2 Å². The lowest BCUT2D eigenvalue weighted by Gasteiger charge is -2.26. The second kappa shape index (κ2) is 11.9. The van der Waals surface area contributed by atoms with Crippen molar-refractivity contribution in [2.75, 3.05) is 4.90 Å². The van der Waals surface area contributed by atoms with Gasteiger partial charge in [-0.1, -0.05) is 127 Å². The van der Waals surface area contributed by atoms with Crippen LogP contribution in [-0.2, 0) is 0 Å². The van der Waals surface area contributed by atoms with Gasteiger partial charge in [0.25, 0.3) is 0 Å². The van der Waals surface area contributed by atoms with Crippen LogP contribution in [0.15, 0.2) is 191 Å². The Morgan fingerprint density at radius 3 is 1.71 bits per heavy atom. The molecule has 0 saturated heterocycles. The highest BCUT2D eigenvalue weighted by molar-refractivity contribution is 6.20. The van der Waals surface area contributed by atoms with E-state index in [4.69, 9.17) is 13.8 Å². The molecular weight excluding hydrogens is 625 g/mol. The first-order valence-corrected chi connectivity index (χ1v) is 17.1. The minimum atomic E-state index is 0.565. The van der Waals surface area contributed by atoms with Gasteiger partial charge in [0.2, 0.25) is 5.89 Å². The van der Waals surface area contributed by atoms with Crippen molar-refractivity contribution in [1.29, 1.82) is 0 Å². The standard InChI is InChI=1S/C47H30N2O2/c1-3-11-31(12-4-1)33-21-25-38(26-22-33)49(39-27-23-34(24-28-39)37-20-19-32-13-7-8-16-36(32)29-37)45-44-40-17-9-10-18-42(40)50-43(44)30-41-46(45)51-47(48-41)35-14-5-2-6-15-35/h1-30H. The van der Waals surface area contributed by atoms with E-state index in [1.165, 1.54) is 21.9 Å². The molecule has 0 bridgehead atoms. The third-order valence-electron chi connectivity index (χ3n) is 9.68. The highest BCUT2D eigenvalue weighted by Gasteiger charge is 2.26. The van der Waals surface area contributed by atoms with Crippen molar-refractivity contribution in [3.05, 3.63) is 182 Å². The monoisotopic (exact) mass is 654 g/mol. The van der Waals surface area contributed by atoms with E-state index in [1.807, 2.05) is 54.6 Å². The molecule has 10 aromatic rings. The lowest BCUT2D eigenvalue weighted by molar-refractivity contribution is 0.620. The minimum absolute atomic E-state index is 0.565. The van der Waals surface area contributed by atoms with Crippen LogP contribution in [-0.4, -0.2) is 4.98 Å². The van der Waals surface area contributed by atoms with E-state index in [2.05, 4.69) is 132 Å². The lowest BCUT2D eigenvalue weighted by atomic mass is 10.0. The van der Waals surface area contributed by atoms with E-state index in [9.17, 15) is 0 Å². The van der Waals surface area contributed by atoms with Gasteiger partial charge in [-0.25, -0.2) is 4.98 Å². The molecular formula is C47H30N2O2. The maximum atomic E-state index is 6.77. The summed E-state index contributed by atoms with van der Waals surface area (Å²) >= 11 is 0. The molecule has 2 aromatic heterocycles. The number of hydrogen-bond donors (Lipinski definition) is 0. The number of oxazole rings is 1. The Labute approximate surface area is 294 Å². The van der Waals surface area contributed by atoms with Crippen molar-refractivity contribution in [3.63, 3.8) is 0 Å². The summed E-state index contributed by atoms with van der Waals surface area (Å²) in [6, 6.07) is 63.3. The zero-order valence-electron chi connectivity index (χ0n) is 27.5. The van der Waals surface area contributed by atoms with Crippen molar-refractivity contribution in [1.82, 2.24) is 4.98 Å². The number of anilines is 3. The fourth-order valence-electron chi connectivity index (χ4n) is 7.18. The first kappa shape index (κ1) is 29.0. The average Bonchev–Trinajstić information content (AvgIpc) is 3.80. The van der Waals surface area contributed by atoms with Crippen molar-refractivity contribution in [3.8, 4) is 33.7 Å². The van der Waals surface area contributed by atoms with Gasteiger partial charge in [-0.2, -0.15) is 0 Å². The van der Waals surface area contributed by atoms with Gasteiger partial charge in [-0.15, -0.1) is 0 Å². The van der Waals surface area contributed by atoms with E-state index < -0.39 is 0 Å². The molecule has 240 valence electrons. The molecule has 0 N–H and O–H groups in total. The van der Waals surface area contributed by atoms with Crippen molar-refractivity contribution in [2.24, 2.45) is 0 Å². The largest absolute Gasteiger partial charge is 0.456 e. The summed E-state index contributed by atoms with van der Waals surface area (Å²) in [7, 11) is 0. The zero-order chi connectivity index (χ0) is 33.7. The highest BCUT2D eigenvalue weighted by atomic mass is 16.4. The Hall–Kier alpha value is -6.91. The second-order valence-corrected chi connectivity index (χ2v) is 12.8. The van der Waals surface area contributed by atoms with Crippen LogP contribution >= 0.6 is 0 Å². The molecule has 0 aliphatic rings. The Morgan fingerprint density at radius 1 is 0.412 bits per heavy atom. The predicted octanol–water partition coefficient (Wildman–Crippen LogP) is 13.4. The SMILES string of the molecule is c1ccc(-c2ccc(N(c3ccc(-c4ccc5ccccc5c4)cc3)c3c4oc(-c5ccccc5)nc4cc4oc5ccccc5c34)cc2)cc1. The van der Waals surface area contributed by atoms with E-state index in [0.29, 0.717) is 11.5 Å². The number of aromatic nitrogens is 1. The molecule has 0 unspecified atom stereocenters.